The summed E-state index contributed by atoms with van der Waals surface area (Å²) in [5.41, 5.74) is 0.582. The number of hydrogen-bond acceptors (Lipinski definition) is 4. The van der Waals surface area contributed by atoms with Crippen molar-refractivity contribution in [1.29, 1.82) is 5.26 Å². The number of amides is 2. The zero-order valence-corrected chi connectivity index (χ0v) is 10.9. The molecule has 1 saturated carbocycles. The van der Waals surface area contributed by atoms with Gasteiger partial charge in [-0.05, 0) is 37.1 Å². The molecule has 20 heavy (non-hydrogen) atoms. The average molecular weight is 270 g/mol. The number of anilines is 1. The molecule has 0 aromatic heterocycles. The lowest BCUT2D eigenvalue weighted by atomic mass is 10.00. The maximum Gasteiger partial charge on any atom is 0.237 e. The first-order valence-electron chi connectivity index (χ1n) is 6.70. The van der Waals surface area contributed by atoms with Crippen molar-refractivity contribution in [3.8, 4) is 11.8 Å². The molecule has 0 bridgehead atoms. The standard InChI is InChI=1S/C15H14N2O3/c16-8-9-20-11-6-4-10(5-7-11)17-14(18)12-2-1-3-13(12)15(17)19/h4-7,12-13H,1-3,9H2. The quantitative estimate of drug-likeness (QED) is 0.786. The van der Waals surface area contributed by atoms with Gasteiger partial charge in [0.05, 0.1) is 17.5 Å². The van der Waals surface area contributed by atoms with Crippen molar-refractivity contribution in [3.63, 3.8) is 0 Å². The van der Waals surface area contributed by atoms with E-state index in [0.717, 1.165) is 19.3 Å². The summed E-state index contributed by atoms with van der Waals surface area (Å²) in [6.45, 7) is -0.0227. The summed E-state index contributed by atoms with van der Waals surface area (Å²) >= 11 is 0. The molecular formula is C15H14N2O3. The lowest BCUT2D eigenvalue weighted by Crippen LogP contribution is -2.31. The van der Waals surface area contributed by atoms with Gasteiger partial charge in [0.25, 0.3) is 0 Å². The molecule has 5 heteroatoms. The maximum atomic E-state index is 12.3. The molecule has 2 aliphatic rings. The van der Waals surface area contributed by atoms with Gasteiger partial charge < -0.3 is 4.74 Å². The molecule has 5 nitrogen and oxygen atoms in total. The number of carbonyl (C=O) groups is 2. The summed E-state index contributed by atoms with van der Waals surface area (Å²) in [5, 5.41) is 8.44. The van der Waals surface area contributed by atoms with Crippen LogP contribution in [0.5, 0.6) is 5.75 Å². The first-order chi connectivity index (χ1) is 9.72. The van der Waals surface area contributed by atoms with E-state index < -0.39 is 0 Å². The van der Waals surface area contributed by atoms with Crippen LogP contribution in [-0.2, 0) is 9.59 Å². The van der Waals surface area contributed by atoms with E-state index in [1.807, 2.05) is 6.07 Å². The highest BCUT2D eigenvalue weighted by molar-refractivity contribution is 6.22. The lowest BCUT2D eigenvalue weighted by molar-refractivity contribution is -0.122. The van der Waals surface area contributed by atoms with Crippen LogP contribution in [0.15, 0.2) is 24.3 Å². The summed E-state index contributed by atoms with van der Waals surface area (Å²) in [4.78, 5) is 25.9. The van der Waals surface area contributed by atoms with Crippen LogP contribution < -0.4 is 9.64 Å². The molecule has 1 aliphatic carbocycles. The molecular weight excluding hydrogens is 256 g/mol. The van der Waals surface area contributed by atoms with Gasteiger partial charge in [0.1, 0.15) is 11.8 Å². The fraction of sp³-hybridized carbons (Fsp3) is 0.400. The molecule has 1 aliphatic heterocycles. The summed E-state index contributed by atoms with van der Waals surface area (Å²) in [7, 11) is 0. The second-order valence-corrected chi connectivity index (χ2v) is 5.10. The fourth-order valence-electron chi connectivity index (χ4n) is 3.05. The summed E-state index contributed by atoms with van der Waals surface area (Å²) in [5.74, 6) is 0.134. The number of ether oxygens (including phenoxy) is 1. The Kier molecular flexibility index (Phi) is 3.15. The van der Waals surface area contributed by atoms with Crippen molar-refractivity contribution in [3.05, 3.63) is 24.3 Å². The lowest BCUT2D eigenvalue weighted by Gasteiger charge is -2.16. The normalized spacial score (nSPS) is 24.6. The molecule has 3 rings (SSSR count). The minimum Gasteiger partial charge on any atom is -0.479 e. The molecule has 0 N–H and O–H groups in total. The zero-order valence-electron chi connectivity index (χ0n) is 10.9. The van der Waals surface area contributed by atoms with Gasteiger partial charge in [-0.15, -0.1) is 0 Å². The molecule has 0 spiro atoms. The van der Waals surface area contributed by atoms with Gasteiger partial charge in [-0.1, -0.05) is 6.42 Å². The maximum absolute atomic E-state index is 12.3. The van der Waals surface area contributed by atoms with Gasteiger partial charge in [0.2, 0.25) is 11.8 Å². The van der Waals surface area contributed by atoms with Crippen molar-refractivity contribution < 1.29 is 14.3 Å². The van der Waals surface area contributed by atoms with Crippen LogP contribution in [0.2, 0.25) is 0 Å². The minimum absolute atomic E-state index is 0.0227. The molecule has 0 radical (unpaired) electrons. The fourth-order valence-corrected chi connectivity index (χ4v) is 3.05. The Balaban J connectivity index is 1.81. The smallest absolute Gasteiger partial charge is 0.237 e. The predicted octanol–water partition coefficient (Wildman–Crippen LogP) is 1.88. The Labute approximate surface area is 116 Å². The zero-order chi connectivity index (χ0) is 14.1. The van der Waals surface area contributed by atoms with Crippen LogP contribution in [0, 0.1) is 23.2 Å². The Morgan fingerprint density at radius 1 is 1.15 bits per heavy atom. The summed E-state index contributed by atoms with van der Waals surface area (Å²) < 4.78 is 5.15. The molecule has 2 atom stereocenters. The second-order valence-electron chi connectivity index (χ2n) is 5.10. The van der Waals surface area contributed by atoms with Crippen molar-refractivity contribution in [2.75, 3.05) is 11.5 Å². The van der Waals surface area contributed by atoms with E-state index in [0.29, 0.717) is 11.4 Å². The van der Waals surface area contributed by atoms with Gasteiger partial charge in [-0.2, -0.15) is 5.26 Å². The van der Waals surface area contributed by atoms with Gasteiger partial charge >= 0.3 is 0 Å². The van der Waals surface area contributed by atoms with Crippen LogP contribution in [0.4, 0.5) is 5.69 Å². The van der Waals surface area contributed by atoms with E-state index in [-0.39, 0.29) is 30.3 Å². The van der Waals surface area contributed by atoms with Crippen LogP contribution >= 0.6 is 0 Å². The summed E-state index contributed by atoms with van der Waals surface area (Å²) in [6.07, 6.45) is 2.59. The third-order valence-electron chi connectivity index (χ3n) is 3.99. The third-order valence-corrected chi connectivity index (χ3v) is 3.99. The molecule has 102 valence electrons. The van der Waals surface area contributed by atoms with Crippen molar-refractivity contribution in [1.82, 2.24) is 0 Å². The number of fused-ring (bicyclic) bond motifs is 1. The highest BCUT2D eigenvalue weighted by Gasteiger charge is 2.50. The number of imide groups is 1. The Hall–Kier alpha value is -2.35. The number of benzene rings is 1. The van der Waals surface area contributed by atoms with E-state index in [9.17, 15) is 9.59 Å². The Bertz CT molecular complexity index is 566. The topological polar surface area (TPSA) is 70.4 Å². The van der Waals surface area contributed by atoms with Crippen LogP contribution in [0.25, 0.3) is 0 Å². The largest absolute Gasteiger partial charge is 0.479 e. The Morgan fingerprint density at radius 3 is 2.30 bits per heavy atom. The van der Waals surface area contributed by atoms with Crippen LogP contribution in [0.1, 0.15) is 19.3 Å². The third kappa shape index (κ3) is 1.94. The molecule has 2 fully saturated rings. The van der Waals surface area contributed by atoms with Gasteiger partial charge in [-0.25, -0.2) is 0 Å². The van der Waals surface area contributed by atoms with Gasteiger partial charge in [0.15, 0.2) is 6.61 Å². The van der Waals surface area contributed by atoms with Crippen molar-refractivity contribution in [2.45, 2.75) is 19.3 Å². The molecule has 2 amide bonds. The first kappa shape index (κ1) is 12.7. The van der Waals surface area contributed by atoms with Gasteiger partial charge in [-0.3, -0.25) is 14.5 Å². The number of hydrogen-bond donors (Lipinski definition) is 0. The average Bonchev–Trinajstić information content (AvgIpc) is 3.03. The van der Waals surface area contributed by atoms with E-state index in [2.05, 4.69) is 0 Å². The molecule has 1 heterocycles. The first-order valence-corrected chi connectivity index (χ1v) is 6.70. The van der Waals surface area contributed by atoms with E-state index >= 15 is 0 Å². The molecule has 1 saturated heterocycles. The minimum atomic E-state index is -0.128. The van der Waals surface area contributed by atoms with Crippen LogP contribution in [0.3, 0.4) is 0 Å². The van der Waals surface area contributed by atoms with E-state index in [4.69, 9.17) is 10.00 Å². The van der Waals surface area contributed by atoms with E-state index in [1.54, 1.807) is 24.3 Å². The number of nitrogens with zero attached hydrogens (tertiary/aromatic N) is 2. The highest BCUT2D eigenvalue weighted by atomic mass is 16.5. The van der Waals surface area contributed by atoms with E-state index in [1.165, 1.54) is 4.90 Å². The van der Waals surface area contributed by atoms with Crippen LogP contribution in [-0.4, -0.2) is 18.4 Å². The number of carbonyl (C=O) groups excluding carboxylic acids is 2. The number of nitriles is 1. The highest BCUT2D eigenvalue weighted by Crippen LogP contribution is 2.41. The van der Waals surface area contributed by atoms with Crippen molar-refractivity contribution >= 4 is 17.5 Å². The Morgan fingerprint density at radius 2 is 1.75 bits per heavy atom. The molecule has 1 aromatic rings. The van der Waals surface area contributed by atoms with Crippen molar-refractivity contribution in [2.24, 2.45) is 11.8 Å². The predicted molar refractivity (Wildman–Crippen MR) is 70.9 cm³/mol. The molecule has 2 unspecified atom stereocenters. The summed E-state index contributed by atoms with van der Waals surface area (Å²) in [6, 6.07) is 8.59. The van der Waals surface area contributed by atoms with Gasteiger partial charge in [0, 0.05) is 0 Å². The molecule has 1 aromatic carbocycles. The second kappa shape index (κ2) is 4.97. The monoisotopic (exact) mass is 270 g/mol. The number of rotatable bonds is 3. The SMILES string of the molecule is N#CCOc1ccc(N2C(=O)C3CCCC3C2=O)cc1.